The highest BCUT2D eigenvalue weighted by molar-refractivity contribution is 7.91. The predicted molar refractivity (Wildman–Crippen MR) is 136 cm³/mol. The number of pyridine rings is 1. The molecule has 2 aromatic heterocycles. The van der Waals surface area contributed by atoms with Gasteiger partial charge in [0.2, 0.25) is 0 Å². The summed E-state index contributed by atoms with van der Waals surface area (Å²) in [5, 5.41) is 12.1. The number of ether oxygens (including phenoxy) is 1. The van der Waals surface area contributed by atoms with Crippen molar-refractivity contribution in [1.29, 1.82) is 0 Å². The first kappa shape index (κ1) is 34.8. The Bertz CT molecular complexity index is 1410. The number of aryl methyl sites for hydroxylation is 1. The second kappa shape index (κ2) is 12.7. The minimum Gasteiger partial charge on any atom is -0.431 e. The van der Waals surface area contributed by atoms with Crippen LogP contribution in [0.2, 0.25) is 5.15 Å². The molecule has 2 N–H and O–H groups in total. The Morgan fingerprint density at radius 1 is 1.21 bits per heavy atom. The molecule has 1 aliphatic carbocycles. The number of aromatic nitrogens is 3. The van der Waals surface area contributed by atoms with Gasteiger partial charge in [0, 0.05) is 25.4 Å². The van der Waals surface area contributed by atoms with E-state index in [0.717, 1.165) is 10.8 Å². The summed E-state index contributed by atoms with van der Waals surface area (Å²) in [4.78, 5) is 20.8. The van der Waals surface area contributed by atoms with Gasteiger partial charge in [-0.05, 0) is 43.7 Å². The van der Waals surface area contributed by atoms with Crippen LogP contribution in [0.5, 0.6) is 5.75 Å². The van der Waals surface area contributed by atoms with Gasteiger partial charge in [-0.1, -0.05) is 18.5 Å². The molecule has 0 saturated heterocycles. The number of hydrogen-bond acceptors (Lipinski definition) is 7. The number of amides is 1. The molecule has 2 heterocycles. The van der Waals surface area contributed by atoms with Crippen molar-refractivity contribution in [2.45, 2.75) is 75.3 Å². The van der Waals surface area contributed by atoms with Crippen LogP contribution in [0.4, 0.5) is 35.1 Å². The third-order valence-electron chi connectivity index (χ3n) is 7.02. The average Bonchev–Trinajstić information content (AvgIpc) is 3.20. The summed E-state index contributed by atoms with van der Waals surface area (Å²) in [7, 11) is -3.31. The zero-order chi connectivity index (χ0) is 32.5. The first-order chi connectivity index (χ1) is 19.7. The van der Waals surface area contributed by atoms with Gasteiger partial charge < -0.3 is 15.2 Å². The number of rotatable bonds is 10. The van der Waals surface area contributed by atoms with E-state index >= 15 is 0 Å². The van der Waals surface area contributed by atoms with Crippen LogP contribution in [0.3, 0.4) is 0 Å². The SMILES string of the molecule is CCc1nc(C(=O)NCC2(O)CCC(S(C)(=O)=O)CC2)c(Cl)n1-c1ncc(CC(C(F)(F)F)C(F)(F)F)cc1OC(F)F. The van der Waals surface area contributed by atoms with Crippen LogP contribution in [0, 0.1) is 5.92 Å². The number of nitrogens with zero attached hydrogens (tertiary/aromatic N) is 3. The second-order valence-corrected chi connectivity index (χ2v) is 12.9. The standard InChI is InChI=1S/C24H27ClF8N4O5S/c1-3-16-36-17(20(38)35-11-22(39)6-4-13(5-7-22)43(2,40)41)18(25)37(16)19-14(42-21(26)27)8-12(10-34-19)9-15(23(28,29)30)24(31,32)33/h8,10,13,15,21,39H,3-7,9,11H2,1-2H3,(H,35,38). The summed E-state index contributed by atoms with van der Waals surface area (Å²) < 4.78 is 134. The summed E-state index contributed by atoms with van der Waals surface area (Å²) in [6, 6.07) is 0.539. The lowest BCUT2D eigenvalue weighted by Gasteiger charge is -2.35. The molecule has 1 aliphatic rings. The van der Waals surface area contributed by atoms with E-state index in [4.69, 9.17) is 11.6 Å². The molecule has 0 spiro atoms. The predicted octanol–water partition coefficient (Wildman–Crippen LogP) is 4.82. The van der Waals surface area contributed by atoms with E-state index in [2.05, 4.69) is 20.0 Å². The van der Waals surface area contributed by atoms with Gasteiger partial charge in [-0.25, -0.2) is 18.4 Å². The number of carbonyl (C=O) groups is 1. The molecule has 0 unspecified atom stereocenters. The third kappa shape index (κ3) is 8.47. The van der Waals surface area contributed by atoms with Crippen LogP contribution in [0.15, 0.2) is 12.3 Å². The first-order valence-corrected chi connectivity index (χ1v) is 15.0. The quantitative estimate of drug-likeness (QED) is 0.348. The van der Waals surface area contributed by atoms with Crippen LogP contribution >= 0.6 is 11.6 Å². The molecule has 1 amide bonds. The number of hydrogen-bond donors (Lipinski definition) is 2. The summed E-state index contributed by atoms with van der Waals surface area (Å²) in [6.07, 6.45) is -10.9. The molecule has 0 aromatic carbocycles. The smallest absolute Gasteiger partial charge is 0.400 e. The van der Waals surface area contributed by atoms with Crippen molar-refractivity contribution in [3.05, 3.63) is 34.5 Å². The lowest BCUT2D eigenvalue weighted by atomic mass is 9.84. The molecule has 0 atom stereocenters. The van der Waals surface area contributed by atoms with Gasteiger partial charge in [0.05, 0.1) is 10.9 Å². The van der Waals surface area contributed by atoms with Gasteiger partial charge in [-0.15, -0.1) is 0 Å². The second-order valence-electron chi connectivity index (χ2n) is 10.2. The fraction of sp³-hybridized carbons (Fsp3) is 0.625. The van der Waals surface area contributed by atoms with Gasteiger partial charge in [0.1, 0.15) is 20.8 Å². The highest BCUT2D eigenvalue weighted by Gasteiger charge is 2.56. The molecule has 1 saturated carbocycles. The summed E-state index contributed by atoms with van der Waals surface area (Å²) in [6.45, 7) is -2.34. The fourth-order valence-electron chi connectivity index (χ4n) is 4.70. The number of aliphatic hydroxyl groups is 1. The third-order valence-corrected chi connectivity index (χ3v) is 9.05. The summed E-state index contributed by atoms with van der Waals surface area (Å²) in [5.41, 5.74) is -2.60. The maximum Gasteiger partial charge on any atom is 0.400 e. The van der Waals surface area contributed by atoms with Crippen molar-refractivity contribution >= 4 is 27.3 Å². The molecule has 0 bridgehead atoms. The highest BCUT2D eigenvalue weighted by atomic mass is 35.5. The Morgan fingerprint density at radius 3 is 2.28 bits per heavy atom. The Kier molecular flexibility index (Phi) is 10.3. The minimum atomic E-state index is -5.69. The highest BCUT2D eigenvalue weighted by Crippen LogP contribution is 2.42. The normalized spacial score (nSPS) is 20.1. The van der Waals surface area contributed by atoms with Gasteiger partial charge in [-0.2, -0.15) is 35.1 Å². The Morgan fingerprint density at radius 2 is 1.79 bits per heavy atom. The van der Waals surface area contributed by atoms with Crippen LogP contribution < -0.4 is 10.1 Å². The van der Waals surface area contributed by atoms with Crippen molar-refractivity contribution in [3.8, 4) is 11.6 Å². The Balaban J connectivity index is 1.91. The van der Waals surface area contributed by atoms with Crippen molar-refractivity contribution in [1.82, 2.24) is 19.9 Å². The first-order valence-electron chi connectivity index (χ1n) is 12.7. The van der Waals surface area contributed by atoms with Crippen molar-refractivity contribution < 1.29 is 58.2 Å². The minimum absolute atomic E-state index is 0.00554. The van der Waals surface area contributed by atoms with Crippen LogP contribution in [-0.4, -0.2) is 76.6 Å². The van der Waals surface area contributed by atoms with Crippen molar-refractivity contribution in [3.63, 3.8) is 0 Å². The molecule has 1 fully saturated rings. The molecule has 0 aliphatic heterocycles. The van der Waals surface area contributed by atoms with E-state index in [0.29, 0.717) is 12.3 Å². The van der Waals surface area contributed by atoms with E-state index in [9.17, 15) is 53.4 Å². The van der Waals surface area contributed by atoms with Crippen molar-refractivity contribution in [2.75, 3.05) is 12.8 Å². The largest absolute Gasteiger partial charge is 0.431 e. The van der Waals surface area contributed by atoms with Crippen molar-refractivity contribution in [2.24, 2.45) is 5.92 Å². The number of carbonyl (C=O) groups excluding carboxylic acids is 1. The lowest BCUT2D eigenvalue weighted by Crippen LogP contribution is -2.47. The summed E-state index contributed by atoms with van der Waals surface area (Å²) >= 11 is 6.35. The number of sulfone groups is 1. The topological polar surface area (TPSA) is 123 Å². The molecule has 3 rings (SSSR count). The van der Waals surface area contributed by atoms with Crippen LogP contribution in [0.1, 0.15) is 54.5 Å². The molecule has 19 heteroatoms. The van der Waals surface area contributed by atoms with E-state index in [1.54, 1.807) is 0 Å². The fourth-order valence-corrected chi connectivity index (χ4v) is 6.09. The van der Waals surface area contributed by atoms with E-state index in [1.165, 1.54) is 6.92 Å². The number of halogens is 9. The monoisotopic (exact) mass is 670 g/mol. The number of imidazole rings is 1. The van der Waals surface area contributed by atoms with Crippen LogP contribution in [-0.2, 0) is 22.7 Å². The molecule has 2 aromatic rings. The van der Waals surface area contributed by atoms with Crippen LogP contribution in [0.25, 0.3) is 5.82 Å². The Hall–Kier alpha value is -2.73. The zero-order valence-corrected chi connectivity index (χ0v) is 24.1. The van der Waals surface area contributed by atoms with Gasteiger partial charge in [-0.3, -0.25) is 9.36 Å². The molecular formula is C24H27ClF8N4O5S. The molecule has 43 heavy (non-hydrogen) atoms. The number of alkyl halides is 8. The molecule has 0 radical (unpaired) electrons. The van der Waals surface area contributed by atoms with Gasteiger partial charge >= 0.3 is 19.0 Å². The van der Waals surface area contributed by atoms with Gasteiger partial charge in [0.15, 0.2) is 23.2 Å². The maximum atomic E-state index is 13.2. The molecule has 9 nitrogen and oxygen atoms in total. The lowest BCUT2D eigenvalue weighted by molar-refractivity contribution is -0.283. The van der Waals surface area contributed by atoms with E-state index < -0.39 is 85.9 Å². The maximum absolute atomic E-state index is 13.2. The Labute approximate surface area is 245 Å². The zero-order valence-electron chi connectivity index (χ0n) is 22.6. The average molecular weight is 671 g/mol. The van der Waals surface area contributed by atoms with E-state index in [1.807, 2.05) is 0 Å². The summed E-state index contributed by atoms with van der Waals surface area (Å²) in [5.74, 6) is -6.27. The molecule has 242 valence electrons. The van der Waals surface area contributed by atoms with Gasteiger partial charge in [0.25, 0.3) is 5.91 Å². The van der Waals surface area contributed by atoms with E-state index in [-0.39, 0.29) is 44.5 Å². The number of nitrogens with one attached hydrogen (secondary N) is 1. The molecular weight excluding hydrogens is 644 g/mol.